The lowest BCUT2D eigenvalue weighted by Crippen LogP contribution is -2.39. The third-order valence-corrected chi connectivity index (χ3v) is 7.87. The van der Waals surface area contributed by atoms with Crippen molar-refractivity contribution in [1.82, 2.24) is 4.57 Å². The van der Waals surface area contributed by atoms with Crippen LogP contribution in [-0.2, 0) is 19.1 Å². The van der Waals surface area contributed by atoms with Crippen LogP contribution in [0.1, 0.15) is 56.3 Å². The molecule has 2 heterocycles. The number of hydrogen-bond donors (Lipinski definition) is 0. The lowest BCUT2D eigenvalue weighted by atomic mass is 9.93. The van der Waals surface area contributed by atoms with Gasteiger partial charge in [0.25, 0.3) is 5.56 Å². The van der Waals surface area contributed by atoms with E-state index >= 15 is 0 Å². The summed E-state index contributed by atoms with van der Waals surface area (Å²) < 4.78 is 18.1. The number of thiazole rings is 1. The maximum atomic E-state index is 13.8. The Labute approximate surface area is 238 Å². The monoisotopic (exact) mass is 612 g/mol. The second-order valence-corrected chi connectivity index (χ2v) is 11.0. The topological polar surface area (TPSA) is 96.2 Å². The number of fused-ring (bicyclic) bond motifs is 1. The predicted molar refractivity (Wildman–Crippen MR) is 153 cm³/mol. The number of carbonyl (C=O) groups excluding carboxylic acids is 2. The molecular weight excluding hydrogens is 584 g/mol. The summed E-state index contributed by atoms with van der Waals surface area (Å²) in [4.78, 5) is 43.4. The van der Waals surface area contributed by atoms with Gasteiger partial charge in [0.2, 0.25) is 0 Å². The number of esters is 2. The van der Waals surface area contributed by atoms with E-state index in [2.05, 4.69) is 39.5 Å². The van der Waals surface area contributed by atoms with Gasteiger partial charge in [0.05, 0.1) is 40.0 Å². The van der Waals surface area contributed by atoms with Gasteiger partial charge in [0, 0.05) is 0 Å². The van der Waals surface area contributed by atoms with Crippen LogP contribution < -0.4 is 19.6 Å². The Balaban J connectivity index is 1.80. The van der Waals surface area contributed by atoms with Gasteiger partial charge in [0.1, 0.15) is 5.75 Å². The lowest BCUT2D eigenvalue weighted by molar-refractivity contribution is -0.143. The SMILES string of the molecule is CCOC(=O)C1=C(C)N=c2sc(=Cc3ccc(OCC(=O)OC)c(Br)c3)c(=O)n2C1c1ccc(C(C)C)cc1. The average Bonchev–Trinajstić information content (AvgIpc) is 3.21. The largest absolute Gasteiger partial charge is 0.481 e. The van der Waals surface area contributed by atoms with Gasteiger partial charge in [-0.25, -0.2) is 14.6 Å². The molecule has 10 heteroatoms. The molecule has 204 valence electrons. The number of carbonyl (C=O) groups is 2. The van der Waals surface area contributed by atoms with Crippen LogP contribution in [0.3, 0.4) is 0 Å². The van der Waals surface area contributed by atoms with Gasteiger partial charge in [0.15, 0.2) is 11.4 Å². The molecule has 2 aromatic carbocycles. The molecule has 1 aliphatic rings. The molecule has 8 nitrogen and oxygen atoms in total. The molecule has 1 atom stereocenters. The number of halogens is 1. The van der Waals surface area contributed by atoms with E-state index in [1.54, 1.807) is 42.7 Å². The van der Waals surface area contributed by atoms with Gasteiger partial charge >= 0.3 is 11.9 Å². The van der Waals surface area contributed by atoms with Gasteiger partial charge in [-0.05, 0) is 70.6 Å². The molecule has 0 N–H and O–H groups in total. The van der Waals surface area contributed by atoms with E-state index in [-0.39, 0.29) is 18.8 Å². The first-order valence-corrected chi connectivity index (χ1v) is 14.0. The van der Waals surface area contributed by atoms with Crippen molar-refractivity contribution in [2.24, 2.45) is 4.99 Å². The van der Waals surface area contributed by atoms with Crippen LogP contribution in [0.15, 0.2) is 68.0 Å². The minimum atomic E-state index is -0.663. The molecule has 1 aromatic heterocycles. The molecule has 0 saturated heterocycles. The van der Waals surface area contributed by atoms with E-state index in [9.17, 15) is 14.4 Å². The minimum absolute atomic E-state index is 0.215. The highest BCUT2D eigenvalue weighted by molar-refractivity contribution is 9.10. The highest BCUT2D eigenvalue weighted by Gasteiger charge is 2.33. The molecule has 39 heavy (non-hydrogen) atoms. The van der Waals surface area contributed by atoms with E-state index in [0.29, 0.717) is 36.7 Å². The molecule has 0 aliphatic carbocycles. The Morgan fingerprint density at radius 3 is 2.51 bits per heavy atom. The number of rotatable bonds is 8. The maximum absolute atomic E-state index is 13.8. The highest BCUT2D eigenvalue weighted by Crippen LogP contribution is 2.32. The van der Waals surface area contributed by atoms with Gasteiger partial charge in [-0.3, -0.25) is 9.36 Å². The molecule has 0 spiro atoms. The zero-order chi connectivity index (χ0) is 28.3. The van der Waals surface area contributed by atoms with Crippen LogP contribution in [-0.4, -0.2) is 36.8 Å². The van der Waals surface area contributed by atoms with E-state index in [1.807, 2.05) is 24.3 Å². The van der Waals surface area contributed by atoms with E-state index in [0.717, 1.165) is 16.7 Å². The average molecular weight is 614 g/mol. The molecule has 4 rings (SSSR count). The van der Waals surface area contributed by atoms with E-state index < -0.39 is 18.0 Å². The number of hydrogen-bond acceptors (Lipinski definition) is 8. The Bertz CT molecular complexity index is 1620. The summed E-state index contributed by atoms with van der Waals surface area (Å²) in [6.07, 6.45) is 1.76. The Kier molecular flexibility index (Phi) is 8.87. The molecule has 0 bridgehead atoms. The van der Waals surface area contributed by atoms with Crippen molar-refractivity contribution in [3.8, 4) is 5.75 Å². The number of nitrogens with zero attached hydrogens (tertiary/aromatic N) is 2. The summed E-state index contributed by atoms with van der Waals surface area (Å²) in [6, 6.07) is 12.6. The summed E-state index contributed by atoms with van der Waals surface area (Å²) >= 11 is 4.71. The zero-order valence-electron chi connectivity index (χ0n) is 22.3. The smallest absolute Gasteiger partial charge is 0.343 e. The number of benzene rings is 2. The number of aromatic nitrogens is 1. The lowest BCUT2D eigenvalue weighted by Gasteiger charge is -2.25. The first-order chi connectivity index (χ1) is 18.6. The molecule has 3 aromatic rings. The summed E-state index contributed by atoms with van der Waals surface area (Å²) in [6.45, 7) is 7.74. The third-order valence-electron chi connectivity index (χ3n) is 6.26. The Morgan fingerprint density at radius 1 is 1.18 bits per heavy atom. The van der Waals surface area contributed by atoms with Crippen molar-refractivity contribution < 1.29 is 23.8 Å². The molecule has 0 amide bonds. The van der Waals surface area contributed by atoms with Crippen LogP contribution in [0.25, 0.3) is 6.08 Å². The van der Waals surface area contributed by atoms with Crippen molar-refractivity contribution >= 4 is 45.3 Å². The van der Waals surface area contributed by atoms with Gasteiger partial charge in [-0.2, -0.15) is 0 Å². The molecule has 0 saturated carbocycles. The quantitative estimate of drug-likeness (QED) is 0.353. The normalized spacial score (nSPS) is 15.2. The number of methoxy groups -OCH3 is 1. The fraction of sp³-hybridized carbons (Fsp3) is 0.310. The summed E-state index contributed by atoms with van der Waals surface area (Å²) in [7, 11) is 1.29. The molecular formula is C29H29BrN2O6S. The second kappa shape index (κ2) is 12.1. The fourth-order valence-electron chi connectivity index (χ4n) is 4.24. The maximum Gasteiger partial charge on any atom is 0.343 e. The standard InChI is InChI=1S/C29H29BrN2O6S/c1-6-37-28(35)25-17(4)31-29-32(26(25)20-10-8-19(9-11-20)16(2)3)27(34)23(39-29)14-18-7-12-22(21(30)13-18)38-15-24(33)36-5/h7-14,16,26H,6,15H2,1-5H3. The molecule has 1 unspecified atom stereocenters. The first kappa shape index (κ1) is 28.5. The zero-order valence-corrected chi connectivity index (χ0v) is 24.7. The van der Waals surface area contributed by atoms with Crippen LogP contribution in [0.2, 0.25) is 0 Å². The highest BCUT2D eigenvalue weighted by atomic mass is 79.9. The first-order valence-electron chi connectivity index (χ1n) is 12.4. The van der Waals surface area contributed by atoms with Crippen LogP contribution in [0.5, 0.6) is 5.75 Å². The van der Waals surface area contributed by atoms with E-state index in [4.69, 9.17) is 9.47 Å². The van der Waals surface area contributed by atoms with Gasteiger partial charge in [-0.15, -0.1) is 0 Å². The van der Waals surface area contributed by atoms with Crippen LogP contribution in [0, 0.1) is 0 Å². The third kappa shape index (κ3) is 6.07. The Hall–Kier alpha value is -3.50. The van der Waals surface area contributed by atoms with Crippen LogP contribution in [0.4, 0.5) is 0 Å². The molecule has 1 aliphatic heterocycles. The number of ether oxygens (including phenoxy) is 3. The van der Waals surface area contributed by atoms with Crippen molar-refractivity contribution in [2.45, 2.75) is 39.7 Å². The summed E-state index contributed by atoms with van der Waals surface area (Å²) in [5.41, 5.74) is 3.33. The van der Waals surface area contributed by atoms with Crippen LogP contribution >= 0.6 is 27.3 Å². The predicted octanol–water partition coefficient (Wildman–Crippen LogP) is 4.24. The van der Waals surface area contributed by atoms with Gasteiger partial charge in [-0.1, -0.05) is 55.5 Å². The second-order valence-electron chi connectivity index (χ2n) is 9.18. The molecule has 0 fully saturated rings. The Morgan fingerprint density at radius 2 is 1.90 bits per heavy atom. The molecule has 0 radical (unpaired) electrons. The number of allylic oxidation sites excluding steroid dienone is 1. The summed E-state index contributed by atoms with van der Waals surface area (Å²) in [5, 5.41) is 0. The minimum Gasteiger partial charge on any atom is -0.481 e. The fourth-order valence-corrected chi connectivity index (χ4v) is 5.80. The summed E-state index contributed by atoms with van der Waals surface area (Å²) in [5.74, 6) is -0.159. The van der Waals surface area contributed by atoms with Crippen molar-refractivity contribution in [3.63, 3.8) is 0 Å². The van der Waals surface area contributed by atoms with Gasteiger partial charge < -0.3 is 14.2 Å². The van der Waals surface area contributed by atoms with Crippen molar-refractivity contribution in [2.75, 3.05) is 20.3 Å². The van der Waals surface area contributed by atoms with Crippen molar-refractivity contribution in [1.29, 1.82) is 0 Å². The van der Waals surface area contributed by atoms with Crippen molar-refractivity contribution in [3.05, 3.63) is 94.6 Å². The van der Waals surface area contributed by atoms with E-state index in [1.165, 1.54) is 18.4 Å².